The number of benzene rings is 1. The Kier molecular flexibility index (Phi) is 4.55. The van der Waals surface area contributed by atoms with Crippen LogP contribution in [-0.2, 0) is 4.79 Å². The third kappa shape index (κ3) is 4.39. The van der Waals surface area contributed by atoms with Crippen LogP contribution in [0.1, 0.15) is 5.56 Å². The molecule has 2 aromatic rings. The lowest BCUT2D eigenvalue weighted by Crippen LogP contribution is -2.08. The van der Waals surface area contributed by atoms with Crippen molar-refractivity contribution in [3.63, 3.8) is 0 Å². The number of carbonyl (C=O) groups excluding carboxylic acids is 1. The molecule has 2 rings (SSSR count). The molecule has 0 radical (unpaired) electrons. The zero-order chi connectivity index (χ0) is 13.7. The molecule has 0 aliphatic heterocycles. The van der Waals surface area contributed by atoms with Crippen LogP contribution in [0.2, 0.25) is 10.2 Å². The molecule has 96 valence electrons. The van der Waals surface area contributed by atoms with E-state index in [-0.39, 0.29) is 5.91 Å². The molecule has 3 nitrogen and oxygen atoms in total. The largest absolute Gasteiger partial charge is 0.307 e. The lowest BCUT2D eigenvalue weighted by Gasteiger charge is -2.00. The van der Waals surface area contributed by atoms with Gasteiger partial charge in [0.1, 0.15) is 11.0 Å². The van der Waals surface area contributed by atoms with Crippen LogP contribution in [-0.4, -0.2) is 10.9 Å². The number of amides is 1. The van der Waals surface area contributed by atoms with Crippen molar-refractivity contribution in [3.8, 4) is 0 Å². The number of nitrogens with zero attached hydrogens (tertiary/aromatic N) is 1. The highest BCUT2D eigenvalue weighted by Crippen LogP contribution is 2.11. The molecule has 0 aliphatic rings. The first kappa shape index (κ1) is 13.6. The van der Waals surface area contributed by atoms with Crippen LogP contribution in [0.4, 0.5) is 5.82 Å². The molecule has 19 heavy (non-hydrogen) atoms. The van der Waals surface area contributed by atoms with E-state index in [0.29, 0.717) is 16.0 Å². The van der Waals surface area contributed by atoms with Crippen molar-refractivity contribution in [2.75, 3.05) is 5.32 Å². The fourth-order valence-corrected chi connectivity index (χ4v) is 1.68. The Morgan fingerprint density at radius 1 is 1.11 bits per heavy atom. The van der Waals surface area contributed by atoms with E-state index in [9.17, 15) is 4.79 Å². The summed E-state index contributed by atoms with van der Waals surface area (Å²) in [6.07, 6.45) is 3.11. The molecule has 0 unspecified atom stereocenters. The van der Waals surface area contributed by atoms with Gasteiger partial charge < -0.3 is 5.32 Å². The second-order valence-corrected chi connectivity index (χ2v) is 4.54. The maximum Gasteiger partial charge on any atom is 0.249 e. The van der Waals surface area contributed by atoms with Crippen molar-refractivity contribution in [1.82, 2.24) is 4.98 Å². The number of aromatic nitrogens is 1. The SMILES string of the molecule is O=C(/C=C/c1ccc(Cl)cc1)Nc1cccc(Cl)n1. The van der Waals surface area contributed by atoms with Crippen molar-refractivity contribution in [1.29, 1.82) is 0 Å². The van der Waals surface area contributed by atoms with Crippen LogP contribution in [0, 0.1) is 0 Å². The molecule has 1 N–H and O–H groups in total. The average Bonchev–Trinajstić information content (AvgIpc) is 2.38. The number of anilines is 1. The van der Waals surface area contributed by atoms with Gasteiger partial charge >= 0.3 is 0 Å². The highest BCUT2D eigenvalue weighted by atomic mass is 35.5. The molecule has 1 amide bonds. The summed E-state index contributed by atoms with van der Waals surface area (Å²) in [6, 6.07) is 12.2. The first-order valence-corrected chi connectivity index (χ1v) is 6.26. The fourth-order valence-electron chi connectivity index (χ4n) is 1.39. The monoisotopic (exact) mass is 292 g/mol. The van der Waals surface area contributed by atoms with Crippen LogP contribution in [0.3, 0.4) is 0 Å². The summed E-state index contributed by atoms with van der Waals surface area (Å²) in [5, 5.41) is 3.61. The predicted octanol–water partition coefficient (Wildman–Crippen LogP) is 4.04. The molecule has 5 heteroatoms. The minimum atomic E-state index is -0.273. The summed E-state index contributed by atoms with van der Waals surface area (Å²) in [4.78, 5) is 15.6. The van der Waals surface area contributed by atoms with Gasteiger partial charge in [0.2, 0.25) is 5.91 Å². The van der Waals surface area contributed by atoms with Crippen LogP contribution >= 0.6 is 23.2 Å². The first-order valence-electron chi connectivity index (χ1n) is 5.51. The molecule has 0 atom stereocenters. The molecule has 1 aromatic carbocycles. The van der Waals surface area contributed by atoms with E-state index in [4.69, 9.17) is 23.2 Å². The summed E-state index contributed by atoms with van der Waals surface area (Å²) < 4.78 is 0. The number of hydrogen-bond acceptors (Lipinski definition) is 2. The van der Waals surface area contributed by atoms with E-state index in [1.54, 1.807) is 36.4 Å². The van der Waals surface area contributed by atoms with E-state index < -0.39 is 0 Å². The summed E-state index contributed by atoms with van der Waals surface area (Å²) in [7, 11) is 0. The van der Waals surface area contributed by atoms with E-state index in [0.717, 1.165) is 5.56 Å². The molecule has 0 bridgehead atoms. The molecular weight excluding hydrogens is 283 g/mol. The van der Waals surface area contributed by atoms with Gasteiger partial charge in [0.15, 0.2) is 0 Å². The van der Waals surface area contributed by atoms with E-state index >= 15 is 0 Å². The molecule has 0 spiro atoms. The first-order chi connectivity index (χ1) is 9.13. The van der Waals surface area contributed by atoms with E-state index in [1.807, 2.05) is 12.1 Å². The second-order valence-electron chi connectivity index (χ2n) is 3.72. The Morgan fingerprint density at radius 3 is 2.53 bits per heavy atom. The molecule has 1 aromatic heterocycles. The highest BCUT2D eigenvalue weighted by Gasteiger charge is 1.99. The summed E-state index contributed by atoms with van der Waals surface area (Å²) in [6.45, 7) is 0. The van der Waals surface area contributed by atoms with Crippen LogP contribution in [0.15, 0.2) is 48.5 Å². The lowest BCUT2D eigenvalue weighted by molar-refractivity contribution is -0.111. The van der Waals surface area contributed by atoms with Gasteiger partial charge in [-0.1, -0.05) is 41.4 Å². The number of nitrogens with one attached hydrogen (secondary N) is 1. The summed E-state index contributed by atoms with van der Waals surface area (Å²) >= 11 is 11.5. The maximum atomic E-state index is 11.7. The second kappa shape index (κ2) is 6.36. The third-order valence-electron chi connectivity index (χ3n) is 2.26. The standard InChI is InChI=1S/C14H10Cl2N2O/c15-11-7-4-10(5-8-11)6-9-14(19)18-13-3-1-2-12(16)17-13/h1-9H,(H,17,18,19)/b9-6+. The normalized spacial score (nSPS) is 10.6. The number of pyridine rings is 1. The molecule has 0 aliphatic carbocycles. The van der Waals surface area contributed by atoms with Gasteiger partial charge in [-0.05, 0) is 35.9 Å². The van der Waals surface area contributed by atoms with Crippen molar-refractivity contribution >= 4 is 41.0 Å². The molecule has 0 saturated carbocycles. The Hall–Kier alpha value is -1.84. The van der Waals surface area contributed by atoms with Crippen LogP contribution in [0.25, 0.3) is 6.08 Å². The Bertz CT molecular complexity index is 609. The van der Waals surface area contributed by atoms with Crippen LogP contribution < -0.4 is 5.32 Å². The van der Waals surface area contributed by atoms with Gasteiger partial charge in [-0.2, -0.15) is 0 Å². The smallest absolute Gasteiger partial charge is 0.249 e. The predicted molar refractivity (Wildman–Crippen MR) is 78.4 cm³/mol. The molecular formula is C14H10Cl2N2O. The zero-order valence-electron chi connectivity index (χ0n) is 9.81. The van der Waals surface area contributed by atoms with Crippen molar-refractivity contribution in [3.05, 3.63) is 64.3 Å². The van der Waals surface area contributed by atoms with Gasteiger partial charge in [0, 0.05) is 11.1 Å². The minimum absolute atomic E-state index is 0.273. The van der Waals surface area contributed by atoms with Gasteiger partial charge in [0.25, 0.3) is 0 Å². The van der Waals surface area contributed by atoms with Crippen molar-refractivity contribution in [2.24, 2.45) is 0 Å². The summed E-state index contributed by atoms with van der Waals surface area (Å²) in [5.41, 5.74) is 0.888. The maximum absolute atomic E-state index is 11.7. The van der Waals surface area contributed by atoms with Gasteiger partial charge in [0.05, 0.1) is 0 Å². The van der Waals surface area contributed by atoms with E-state index in [1.165, 1.54) is 6.08 Å². The minimum Gasteiger partial charge on any atom is -0.307 e. The highest BCUT2D eigenvalue weighted by molar-refractivity contribution is 6.30. The van der Waals surface area contributed by atoms with Crippen LogP contribution in [0.5, 0.6) is 0 Å². The molecule has 1 heterocycles. The van der Waals surface area contributed by atoms with Gasteiger partial charge in [-0.3, -0.25) is 4.79 Å². The van der Waals surface area contributed by atoms with Gasteiger partial charge in [-0.15, -0.1) is 0 Å². The number of halogens is 2. The van der Waals surface area contributed by atoms with E-state index in [2.05, 4.69) is 10.3 Å². The van der Waals surface area contributed by atoms with Crippen molar-refractivity contribution in [2.45, 2.75) is 0 Å². The zero-order valence-corrected chi connectivity index (χ0v) is 11.3. The Morgan fingerprint density at radius 2 is 1.84 bits per heavy atom. The third-order valence-corrected chi connectivity index (χ3v) is 2.73. The average molecular weight is 293 g/mol. The Balaban J connectivity index is 1.99. The number of hydrogen-bond donors (Lipinski definition) is 1. The number of carbonyl (C=O) groups is 1. The quantitative estimate of drug-likeness (QED) is 0.685. The molecule has 0 saturated heterocycles. The molecule has 0 fully saturated rings. The summed E-state index contributed by atoms with van der Waals surface area (Å²) in [5.74, 6) is 0.142. The Labute approximate surface area is 120 Å². The fraction of sp³-hybridized carbons (Fsp3) is 0. The topological polar surface area (TPSA) is 42.0 Å². The number of rotatable bonds is 3. The van der Waals surface area contributed by atoms with Crippen molar-refractivity contribution < 1.29 is 4.79 Å². The van der Waals surface area contributed by atoms with Gasteiger partial charge in [-0.25, -0.2) is 4.98 Å². The lowest BCUT2D eigenvalue weighted by atomic mass is 10.2.